The van der Waals surface area contributed by atoms with Crippen LogP contribution in [0.3, 0.4) is 0 Å². The number of para-hydroxylation sites is 2. The van der Waals surface area contributed by atoms with E-state index in [0.29, 0.717) is 17.4 Å². The van der Waals surface area contributed by atoms with Crippen LogP contribution in [-0.4, -0.2) is 41.0 Å². The lowest BCUT2D eigenvalue weighted by Gasteiger charge is -2.34. The van der Waals surface area contributed by atoms with Crippen molar-refractivity contribution < 1.29 is 8.42 Å². The van der Waals surface area contributed by atoms with Crippen LogP contribution in [0, 0.1) is 0 Å². The molecule has 1 N–H and O–H groups in total. The number of benzene rings is 2. The molecule has 2 aromatic heterocycles. The Morgan fingerprint density at radius 3 is 2.26 bits per heavy atom. The second-order valence-corrected chi connectivity index (χ2v) is 9.21. The van der Waals surface area contributed by atoms with E-state index in [1.54, 1.807) is 36.5 Å². The standard InChI is InChI=1S/C22H22N6O2S/c29-31(30,18-6-2-1-3-7-18)26-21-22(25-20-9-5-4-8-19(20)24-21)27-13-10-17(11-14-27)28-15-12-23-16-28/h1-9,12,15-17H,10-11,13-14H2,(H,24,26). The zero-order valence-electron chi connectivity index (χ0n) is 16.8. The average molecular weight is 435 g/mol. The van der Waals surface area contributed by atoms with Crippen LogP contribution in [-0.2, 0) is 10.0 Å². The summed E-state index contributed by atoms with van der Waals surface area (Å²) in [4.78, 5) is 15.8. The molecule has 31 heavy (non-hydrogen) atoms. The third-order valence-electron chi connectivity index (χ3n) is 5.55. The molecule has 8 nitrogen and oxygen atoms in total. The molecular formula is C22H22N6O2S. The number of sulfonamides is 1. The van der Waals surface area contributed by atoms with Gasteiger partial charge >= 0.3 is 0 Å². The van der Waals surface area contributed by atoms with Gasteiger partial charge in [-0.15, -0.1) is 0 Å². The highest BCUT2D eigenvalue weighted by Crippen LogP contribution is 2.31. The fraction of sp³-hybridized carbons (Fsp3) is 0.227. The third kappa shape index (κ3) is 3.96. The van der Waals surface area contributed by atoms with E-state index in [-0.39, 0.29) is 10.7 Å². The summed E-state index contributed by atoms with van der Waals surface area (Å²) in [6, 6.07) is 16.2. The van der Waals surface area contributed by atoms with Crippen molar-refractivity contribution in [2.45, 2.75) is 23.8 Å². The zero-order valence-corrected chi connectivity index (χ0v) is 17.6. The molecule has 0 unspecified atom stereocenters. The minimum Gasteiger partial charge on any atom is -0.353 e. The van der Waals surface area contributed by atoms with Crippen LogP contribution >= 0.6 is 0 Å². The van der Waals surface area contributed by atoms with E-state index in [4.69, 9.17) is 4.98 Å². The summed E-state index contributed by atoms with van der Waals surface area (Å²) in [5.41, 5.74) is 1.38. The Morgan fingerprint density at radius 1 is 0.903 bits per heavy atom. The van der Waals surface area contributed by atoms with Crippen molar-refractivity contribution in [2.75, 3.05) is 22.7 Å². The Kier molecular flexibility index (Phi) is 5.03. The number of piperidine rings is 1. The summed E-state index contributed by atoms with van der Waals surface area (Å²) >= 11 is 0. The number of hydrogen-bond acceptors (Lipinski definition) is 6. The van der Waals surface area contributed by atoms with Gasteiger partial charge in [-0.25, -0.2) is 23.4 Å². The van der Waals surface area contributed by atoms with E-state index >= 15 is 0 Å². The Balaban J connectivity index is 1.48. The van der Waals surface area contributed by atoms with Crippen molar-refractivity contribution >= 4 is 32.7 Å². The fourth-order valence-electron chi connectivity index (χ4n) is 3.93. The SMILES string of the molecule is O=S(=O)(Nc1nc2ccccc2nc1N1CCC(n2ccnc2)CC1)c1ccccc1. The maximum Gasteiger partial charge on any atom is 0.263 e. The summed E-state index contributed by atoms with van der Waals surface area (Å²) in [6.45, 7) is 1.49. The molecule has 0 spiro atoms. The van der Waals surface area contributed by atoms with Gasteiger partial charge in [0.25, 0.3) is 10.0 Å². The number of fused-ring (bicyclic) bond motifs is 1. The maximum atomic E-state index is 13.0. The van der Waals surface area contributed by atoms with Gasteiger partial charge in [0.2, 0.25) is 0 Å². The molecule has 2 aromatic carbocycles. The van der Waals surface area contributed by atoms with E-state index in [9.17, 15) is 8.42 Å². The first-order valence-corrected chi connectivity index (χ1v) is 11.7. The fourth-order valence-corrected chi connectivity index (χ4v) is 4.95. The zero-order chi connectivity index (χ0) is 21.3. The number of anilines is 2. The molecule has 0 radical (unpaired) electrons. The summed E-state index contributed by atoms with van der Waals surface area (Å²) in [5.74, 6) is 0.811. The van der Waals surface area contributed by atoms with Crippen molar-refractivity contribution in [3.8, 4) is 0 Å². The molecule has 4 aromatic rings. The van der Waals surface area contributed by atoms with Crippen LogP contribution in [0.25, 0.3) is 11.0 Å². The van der Waals surface area contributed by atoms with Crippen molar-refractivity contribution in [1.29, 1.82) is 0 Å². The van der Waals surface area contributed by atoms with Crippen molar-refractivity contribution in [3.63, 3.8) is 0 Å². The number of aromatic nitrogens is 4. The molecular weight excluding hydrogens is 412 g/mol. The molecule has 0 bridgehead atoms. The van der Waals surface area contributed by atoms with Gasteiger partial charge in [0.1, 0.15) is 0 Å². The molecule has 1 fully saturated rings. The van der Waals surface area contributed by atoms with Crippen LogP contribution in [0.4, 0.5) is 11.6 Å². The van der Waals surface area contributed by atoms with E-state index < -0.39 is 10.0 Å². The summed E-state index contributed by atoms with van der Waals surface area (Å²) in [6.07, 6.45) is 7.44. The lowest BCUT2D eigenvalue weighted by molar-refractivity contribution is 0.395. The molecule has 3 heterocycles. The quantitative estimate of drug-likeness (QED) is 0.517. The molecule has 0 amide bonds. The van der Waals surface area contributed by atoms with Gasteiger partial charge in [0.05, 0.1) is 22.3 Å². The summed E-state index contributed by atoms with van der Waals surface area (Å²) < 4.78 is 30.7. The van der Waals surface area contributed by atoms with Crippen molar-refractivity contribution in [2.24, 2.45) is 0 Å². The van der Waals surface area contributed by atoms with Gasteiger partial charge in [0.15, 0.2) is 11.6 Å². The second-order valence-electron chi connectivity index (χ2n) is 7.53. The van der Waals surface area contributed by atoms with Crippen LogP contribution in [0.1, 0.15) is 18.9 Å². The average Bonchev–Trinajstić information content (AvgIpc) is 3.34. The van der Waals surface area contributed by atoms with E-state index in [2.05, 4.69) is 24.2 Å². The molecule has 5 rings (SSSR count). The monoisotopic (exact) mass is 434 g/mol. The predicted octanol–water partition coefficient (Wildman–Crippen LogP) is 3.47. The number of hydrogen-bond donors (Lipinski definition) is 1. The minimum atomic E-state index is -3.78. The number of rotatable bonds is 5. The van der Waals surface area contributed by atoms with Crippen LogP contribution in [0.5, 0.6) is 0 Å². The topological polar surface area (TPSA) is 93.0 Å². The first-order chi connectivity index (χ1) is 15.1. The molecule has 9 heteroatoms. The van der Waals surface area contributed by atoms with Gasteiger partial charge in [-0.1, -0.05) is 30.3 Å². The van der Waals surface area contributed by atoms with E-state index in [1.807, 2.05) is 36.8 Å². The molecule has 0 atom stereocenters. The van der Waals surface area contributed by atoms with Gasteiger partial charge < -0.3 is 9.47 Å². The Labute approximate surface area is 180 Å². The molecule has 0 aliphatic carbocycles. The lowest BCUT2D eigenvalue weighted by Crippen LogP contribution is -2.36. The lowest BCUT2D eigenvalue weighted by atomic mass is 10.0. The molecule has 1 aliphatic rings. The van der Waals surface area contributed by atoms with E-state index in [0.717, 1.165) is 31.4 Å². The highest BCUT2D eigenvalue weighted by Gasteiger charge is 2.26. The molecule has 1 saturated heterocycles. The van der Waals surface area contributed by atoms with Gasteiger partial charge in [-0.05, 0) is 37.1 Å². The smallest absolute Gasteiger partial charge is 0.263 e. The largest absolute Gasteiger partial charge is 0.353 e. The minimum absolute atomic E-state index is 0.190. The van der Waals surface area contributed by atoms with Crippen LogP contribution in [0.15, 0.2) is 78.2 Å². The number of nitrogens with one attached hydrogen (secondary N) is 1. The van der Waals surface area contributed by atoms with Gasteiger partial charge in [-0.3, -0.25) is 4.72 Å². The summed E-state index contributed by atoms with van der Waals surface area (Å²) in [5, 5.41) is 0. The second kappa shape index (κ2) is 7.99. The molecule has 0 saturated carbocycles. The van der Waals surface area contributed by atoms with Crippen molar-refractivity contribution in [1.82, 2.24) is 19.5 Å². The number of imidazole rings is 1. The Morgan fingerprint density at radius 2 is 1.58 bits per heavy atom. The normalized spacial score (nSPS) is 15.3. The first-order valence-electron chi connectivity index (χ1n) is 10.2. The molecule has 1 aliphatic heterocycles. The Hall–Kier alpha value is -3.46. The van der Waals surface area contributed by atoms with Gasteiger partial charge in [-0.2, -0.15) is 0 Å². The van der Waals surface area contributed by atoms with Gasteiger partial charge in [0, 0.05) is 31.5 Å². The van der Waals surface area contributed by atoms with Crippen LogP contribution in [0.2, 0.25) is 0 Å². The predicted molar refractivity (Wildman–Crippen MR) is 119 cm³/mol. The van der Waals surface area contributed by atoms with Crippen LogP contribution < -0.4 is 9.62 Å². The Bertz CT molecular complexity index is 1280. The third-order valence-corrected chi connectivity index (χ3v) is 6.90. The highest BCUT2D eigenvalue weighted by molar-refractivity contribution is 7.92. The maximum absolute atomic E-state index is 13.0. The van der Waals surface area contributed by atoms with Crippen molar-refractivity contribution in [3.05, 3.63) is 73.3 Å². The molecule has 158 valence electrons. The number of nitrogens with zero attached hydrogens (tertiary/aromatic N) is 5. The van der Waals surface area contributed by atoms with E-state index in [1.165, 1.54) is 0 Å². The first kappa shape index (κ1) is 19.5. The highest BCUT2D eigenvalue weighted by atomic mass is 32.2. The summed E-state index contributed by atoms with van der Waals surface area (Å²) in [7, 11) is -3.78.